The number of methoxy groups -OCH3 is 1. The van der Waals surface area contributed by atoms with E-state index in [0.717, 1.165) is 6.07 Å². The van der Waals surface area contributed by atoms with Crippen LogP contribution in [-0.4, -0.2) is 30.0 Å². The normalized spacial score (nSPS) is 11.0. The zero-order valence-corrected chi connectivity index (χ0v) is 15.8. The molecule has 0 saturated heterocycles. The van der Waals surface area contributed by atoms with Crippen molar-refractivity contribution in [1.29, 1.82) is 0 Å². The molecule has 5 nitrogen and oxygen atoms in total. The summed E-state index contributed by atoms with van der Waals surface area (Å²) >= 11 is 0. The fourth-order valence-corrected chi connectivity index (χ4v) is 2.54. The molecular formula is C19H19ClF3N3O2. The Labute approximate surface area is 166 Å². The molecule has 0 fully saturated rings. The van der Waals surface area contributed by atoms with Gasteiger partial charge in [0.15, 0.2) is 5.69 Å². The van der Waals surface area contributed by atoms with Crippen LogP contribution in [0.3, 0.4) is 0 Å². The highest BCUT2D eigenvalue weighted by atomic mass is 35.5. The third-order valence-corrected chi connectivity index (χ3v) is 3.85. The highest BCUT2D eigenvalue weighted by molar-refractivity contribution is 5.85. The Hall–Kier alpha value is -2.71. The highest BCUT2D eigenvalue weighted by Crippen LogP contribution is 2.34. The molecule has 0 radical (unpaired) electrons. The standard InChI is InChI=1S/C19H18F3N3O2.ClH/c1-26-15-6-2-13(3-7-15)17-12-18(19(20,21)22)24-25(17)14-4-8-16(9-5-14)27-11-10-23;/h2-9,12H,10-11,23H2,1H3;1H. The van der Waals surface area contributed by atoms with Crippen molar-refractivity contribution in [1.82, 2.24) is 9.78 Å². The molecule has 0 atom stereocenters. The summed E-state index contributed by atoms with van der Waals surface area (Å²) in [6.07, 6.45) is -4.54. The second kappa shape index (κ2) is 8.99. The van der Waals surface area contributed by atoms with Crippen LogP contribution in [0.4, 0.5) is 13.2 Å². The molecule has 0 spiro atoms. The molecule has 2 N–H and O–H groups in total. The number of alkyl halides is 3. The summed E-state index contributed by atoms with van der Waals surface area (Å²) in [7, 11) is 1.52. The topological polar surface area (TPSA) is 62.3 Å². The number of rotatable bonds is 6. The molecule has 3 rings (SSSR count). The van der Waals surface area contributed by atoms with Crippen LogP contribution in [0.5, 0.6) is 11.5 Å². The molecule has 9 heteroatoms. The van der Waals surface area contributed by atoms with Crippen molar-refractivity contribution >= 4 is 12.4 Å². The zero-order chi connectivity index (χ0) is 19.4. The molecule has 0 saturated carbocycles. The van der Waals surface area contributed by atoms with Gasteiger partial charge in [-0.05, 0) is 54.6 Å². The van der Waals surface area contributed by atoms with Crippen LogP contribution in [0.1, 0.15) is 5.69 Å². The Morgan fingerprint density at radius 3 is 2.14 bits per heavy atom. The highest BCUT2D eigenvalue weighted by Gasteiger charge is 2.35. The van der Waals surface area contributed by atoms with Crippen LogP contribution in [0, 0.1) is 0 Å². The van der Waals surface area contributed by atoms with Gasteiger partial charge in [0.1, 0.15) is 18.1 Å². The summed E-state index contributed by atoms with van der Waals surface area (Å²) in [4.78, 5) is 0. The van der Waals surface area contributed by atoms with Crippen LogP contribution in [-0.2, 0) is 6.18 Å². The molecule has 0 aliphatic carbocycles. The van der Waals surface area contributed by atoms with E-state index in [9.17, 15) is 13.2 Å². The maximum atomic E-state index is 13.2. The van der Waals surface area contributed by atoms with Crippen LogP contribution >= 0.6 is 12.4 Å². The fraction of sp³-hybridized carbons (Fsp3) is 0.211. The smallest absolute Gasteiger partial charge is 0.435 e. The minimum Gasteiger partial charge on any atom is -0.497 e. The van der Waals surface area contributed by atoms with Gasteiger partial charge in [-0.2, -0.15) is 18.3 Å². The van der Waals surface area contributed by atoms with Crippen molar-refractivity contribution in [2.24, 2.45) is 5.73 Å². The van der Waals surface area contributed by atoms with E-state index in [4.69, 9.17) is 15.2 Å². The Bertz CT molecular complexity index is 894. The molecule has 3 aromatic rings. The van der Waals surface area contributed by atoms with E-state index < -0.39 is 11.9 Å². The third-order valence-electron chi connectivity index (χ3n) is 3.85. The van der Waals surface area contributed by atoms with Gasteiger partial charge in [0.2, 0.25) is 0 Å². The first-order valence-corrected chi connectivity index (χ1v) is 8.17. The number of benzene rings is 2. The molecule has 0 unspecified atom stereocenters. The van der Waals surface area contributed by atoms with E-state index in [-0.39, 0.29) is 12.4 Å². The zero-order valence-electron chi connectivity index (χ0n) is 14.9. The quantitative estimate of drug-likeness (QED) is 0.653. The predicted octanol–water partition coefficient (Wildman–Crippen LogP) is 4.33. The Morgan fingerprint density at radius 2 is 1.61 bits per heavy atom. The summed E-state index contributed by atoms with van der Waals surface area (Å²) in [5.74, 6) is 1.20. The Morgan fingerprint density at radius 1 is 1.00 bits per heavy atom. The van der Waals surface area contributed by atoms with Crippen molar-refractivity contribution in [3.8, 4) is 28.4 Å². The van der Waals surface area contributed by atoms with Crippen LogP contribution in [0.2, 0.25) is 0 Å². The molecule has 0 aliphatic heterocycles. The van der Waals surface area contributed by atoms with Gasteiger partial charge in [0, 0.05) is 12.1 Å². The monoisotopic (exact) mass is 413 g/mol. The first-order chi connectivity index (χ1) is 12.9. The van der Waals surface area contributed by atoms with Gasteiger partial charge in [-0.3, -0.25) is 0 Å². The molecule has 150 valence electrons. The van der Waals surface area contributed by atoms with Gasteiger partial charge in [-0.25, -0.2) is 4.68 Å². The maximum Gasteiger partial charge on any atom is 0.435 e. The van der Waals surface area contributed by atoms with Gasteiger partial charge in [0.05, 0.1) is 18.5 Å². The minimum absolute atomic E-state index is 0. The molecular weight excluding hydrogens is 395 g/mol. The number of halogens is 4. The van der Waals surface area contributed by atoms with Gasteiger partial charge < -0.3 is 15.2 Å². The summed E-state index contributed by atoms with van der Waals surface area (Å²) in [6.45, 7) is 0.730. The van der Waals surface area contributed by atoms with E-state index in [0.29, 0.717) is 41.6 Å². The summed E-state index contributed by atoms with van der Waals surface area (Å²) < 4.78 is 51.4. The fourth-order valence-electron chi connectivity index (χ4n) is 2.54. The van der Waals surface area contributed by atoms with Gasteiger partial charge >= 0.3 is 6.18 Å². The van der Waals surface area contributed by atoms with Crippen molar-refractivity contribution in [2.45, 2.75) is 6.18 Å². The summed E-state index contributed by atoms with van der Waals surface area (Å²) in [5.41, 5.74) is 5.82. The van der Waals surface area contributed by atoms with Crippen LogP contribution in [0.15, 0.2) is 54.6 Å². The number of nitrogens with zero attached hydrogens (tertiary/aromatic N) is 2. The van der Waals surface area contributed by atoms with Crippen molar-refractivity contribution < 1.29 is 22.6 Å². The lowest BCUT2D eigenvalue weighted by molar-refractivity contribution is -0.141. The number of hydrogen-bond acceptors (Lipinski definition) is 4. The molecule has 0 bridgehead atoms. The number of ether oxygens (including phenoxy) is 2. The summed E-state index contributed by atoms with van der Waals surface area (Å²) in [5, 5.41) is 3.76. The molecule has 0 amide bonds. The minimum atomic E-state index is -4.54. The van der Waals surface area contributed by atoms with E-state index in [1.807, 2.05) is 0 Å². The van der Waals surface area contributed by atoms with Crippen molar-refractivity contribution in [2.75, 3.05) is 20.3 Å². The molecule has 28 heavy (non-hydrogen) atoms. The van der Waals surface area contributed by atoms with E-state index >= 15 is 0 Å². The second-order valence-electron chi connectivity index (χ2n) is 5.68. The average molecular weight is 414 g/mol. The van der Waals surface area contributed by atoms with E-state index in [1.54, 1.807) is 48.5 Å². The van der Waals surface area contributed by atoms with Crippen molar-refractivity contribution in [3.63, 3.8) is 0 Å². The SMILES string of the molecule is COc1ccc(-c2cc(C(F)(F)F)nn2-c2ccc(OCCN)cc2)cc1.Cl. The van der Waals surface area contributed by atoms with Gasteiger partial charge in [-0.1, -0.05) is 0 Å². The number of aromatic nitrogens is 2. The number of hydrogen-bond donors (Lipinski definition) is 1. The second-order valence-corrected chi connectivity index (χ2v) is 5.68. The molecule has 1 heterocycles. The molecule has 0 aliphatic rings. The predicted molar refractivity (Wildman–Crippen MR) is 102 cm³/mol. The number of nitrogens with two attached hydrogens (primary N) is 1. The van der Waals surface area contributed by atoms with Gasteiger partial charge in [-0.15, -0.1) is 12.4 Å². The molecule has 2 aromatic carbocycles. The first-order valence-electron chi connectivity index (χ1n) is 8.17. The van der Waals surface area contributed by atoms with Crippen LogP contribution < -0.4 is 15.2 Å². The largest absolute Gasteiger partial charge is 0.497 e. The molecule has 1 aromatic heterocycles. The Kier molecular flexibility index (Phi) is 6.93. The summed E-state index contributed by atoms with van der Waals surface area (Å²) in [6, 6.07) is 14.4. The lowest BCUT2D eigenvalue weighted by Crippen LogP contribution is -2.10. The van der Waals surface area contributed by atoms with E-state index in [1.165, 1.54) is 11.8 Å². The van der Waals surface area contributed by atoms with E-state index in [2.05, 4.69) is 5.10 Å². The van der Waals surface area contributed by atoms with Crippen LogP contribution in [0.25, 0.3) is 16.9 Å². The lowest BCUT2D eigenvalue weighted by atomic mass is 10.1. The maximum absolute atomic E-state index is 13.2. The average Bonchev–Trinajstić information content (AvgIpc) is 3.13. The lowest BCUT2D eigenvalue weighted by Gasteiger charge is -2.10. The Balaban J connectivity index is 0.00000280. The third kappa shape index (κ3) is 4.76. The first kappa shape index (κ1) is 21.6. The van der Waals surface area contributed by atoms with Gasteiger partial charge in [0.25, 0.3) is 0 Å². The van der Waals surface area contributed by atoms with Crippen molar-refractivity contribution in [3.05, 3.63) is 60.3 Å².